The second-order valence-electron chi connectivity index (χ2n) is 18.4. The van der Waals surface area contributed by atoms with Gasteiger partial charge >= 0.3 is 5.97 Å². The van der Waals surface area contributed by atoms with Crippen molar-refractivity contribution >= 4 is 29.5 Å². The molecule has 0 aromatic rings. The molecular formula is C49H79N3O11. The second kappa shape index (κ2) is 28.1. The van der Waals surface area contributed by atoms with Gasteiger partial charge in [0.25, 0.3) is 0 Å². The van der Waals surface area contributed by atoms with Gasteiger partial charge in [-0.25, -0.2) is 4.79 Å². The molecule has 0 saturated carbocycles. The van der Waals surface area contributed by atoms with Crippen LogP contribution in [0.2, 0.25) is 0 Å². The van der Waals surface area contributed by atoms with Gasteiger partial charge in [0.2, 0.25) is 17.7 Å². The third-order valence-electron chi connectivity index (χ3n) is 13.3. The maximum Gasteiger partial charge on any atom is 0.326 e. The summed E-state index contributed by atoms with van der Waals surface area (Å²) in [6.45, 7) is 5.07. The number of fused-ring (bicyclic) bond motifs is 4. The lowest BCUT2D eigenvalue weighted by atomic mass is 9.78. The van der Waals surface area contributed by atoms with E-state index in [1.807, 2.05) is 0 Å². The molecule has 0 fully saturated rings. The van der Waals surface area contributed by atoms with Gasteiger partial charge in [0.1, 0.15) is 17.6 Å². The Labute approximate surface area is 375 Å². The van der Waals surface area contributed by atoms with Crippen molar-refractivity contribution in [1.82, 2.24) is 15.5 Å². The van der Waals surface area contributed by atoms with E-state index in [1.54, 1.807) is 39.1 Å². The van der Waals surface area contributed by atoms with Gasteiger partial charge in [-0.05, 0) is 55.7 Å². The zero-order chi connectivity index (χ0) is 46.5. The molecule has 14 nitrogen and oxygen atoms in total. The molecule has 3 rings (SSSR count). The number of carbonyl (C=O) groups is 5. The summed E-state index contributed by atoms with van der Waals surface area (Å²) in [5.41, 5.74) is 1.36. The molecule has 0 aromatic heterocycles. The van der Waals surface area contributed by atoms with Crippen LogP contribution in [0.5, 0.6) is 0 Å². The van der Waals surface area contributed by atoms with Crippen molar-refractivity contribution in [2.45, 2.75) is 198 Å². The number of unbranched alkanes of at least 4 members (excludes halogenated alkanes) is 12. The van der Waals surface area contributed by atoms with Gasteiger partial charge in [0, 0.05) is 56.1 Å². The highest BCUT2D eigenvalue weighted by molar-refractivity contribution is 5.87. The standard InChI is InChI=1S/C49H79N3O11/c1-5-6-7-8-9-10-11-12-13-14-15-16-17-18-46(60)52(4)39(31-53)43(57)22-19-32(2)40(54)25-26-45(59)51-47-35-21-24-42(56)37(30-35)36-28-34(20-23-41(36)55)29-38(49(62)63)50-48(61)33(3)27-44(47)58/h20-21,24,28,32-33,35,38-39,41,43-44,47,53,55-58H,5-19,22-23,25-27,29-31H2,1-4H3,(H,50,61)(H,51,59)(H,62,63)/t32?,33-,35+,38+,39-,41?,43?,44?,47+/m1/s1. The summed E-state index contributed by atoms with van der Waals surface area (Å²) < 4.78 is 0. The zero-order valence-corrected chi connectivity index (χ0v) is 38.4. The SMILES string of the molecule is CCCCCCCCCCCCCCCC(=O)N(C)[C@H](CO)C(O)CCC(C)C(=O)CCC(=O)N[C@@H]1C(O)C[C@@H](C)C(=O)N[C@H](C(=O)O)CC2=CCC(O)C(=C2)C2=C(O)C=C[C@H]1C2. The monoisotopic (exact) mass is 886 g/mol. The van der Waals surface area contributed by atoms with Crippen LogP contribution in [0.4, 0.5) is 0 Å². The summed E-state index contributed by atoms with van der Waals surface area (Å²) in [5.74, 6) is -4.75. The topological polar surface area (TPSA) is 234 Å². The first kappa shape index (κ1) is 53.5. The molecule has 0 spiro atoms. The molecule has 8 N–H and O–H groups in total. The maximum absolute atomic E-state index is 13.4. The minimum atomic E-state index is -1.28. The minimum Gasteiger partial charge on any atom is -0.508 e. The van der Waals surface area contributed by atoms with Crippen molar-refractivity contribution in [3.8, 4) is 0 Å². The average molecular weight is 886 g/mol. The Morgan fingerprint density at radius 3 is 2.13 bits per heavy atom. The van der Waals surface area contributed by atoms with Crippen LogP contribution in [0.3, 0.4) is 0 Å². The van der Waals surface area contributed by atoms with E-state index in [9.17, 15) is 54.6 Å². The lowest BCUT2D eigenvalue weighted by molar-refractivity contribution is -0.142. The van der Waals surface area contributed by atoms with Gasteiger partial charge in [0.05, 0.1) is 37.0 Å². The number of ketones is 1. The van der Waals surface area contributed by atoms with E-state index < -0.39 is 78.6 Å². The molecule has 1 aliphatic heterocycles. The van der Waals surface area contributed by atoms with Crippen LogP contribution in [0.25, 0.3) is 0 Å². The molecule has 2 aliphatic carbocycles. The van der Waals surface area contributed by atoms with E-state index in [0.717, 1.165) is 25.7 Å². The van der Waals surface area contributed by atoms with E-state index in [0.29, 0.717) is 23.1 Å². The Bertz CT molecular complexity index is 1620. The van der Waals surface area contributed by atoms with Crippen LogP contribution in [-0.2, 0) is 24.0 Å². The summed E-state index contributed by atoms with van der Waals surface area (Å²) in [6, 6.07) is -3.05. The average Bonchev–Trinajstić information content (AvgIpc) is 3.25. The Morgan fingerprint density at radius 1 is 0.905 bits per heavy atom. The third-order valence-corrected chi connectivity index (χ3v) is 13.3. The summed E-state index contributed by atoms with van der Waals surface area (Å²) in [4.78, 5) is 66.3. The number of aliphatic hydroxyl groups is 5. The van der Waals surface area contributed by atoms with E-state index in [-0.39, 0.29) is 68.8 Å². The van der Waals surface area contributed by atoms with Crippen LogP contribution in [0.15, 0.2) is 46.8 Å². The number of amides is 3. The van der Waals surface area contributed by atoms with Gasteiger partial charge in [-0.1, -0.05) is 116 Å². The number of hydrogen-bond donors (Lipinski definition) is 8. The predicted octanol–water partition coefficient (Wildman–Crippen LogP) is 6.26. The number of nitrogens with zero attached hydrogens (tertiary/aromatic N) is 1. The van der Waals surface area contributed by atoms with E-state index >= 15 is 0 Å². The lowest BCUT2D eigenvalue weighted by Crippen LogP contribution is -2.50. The number of carboxylic acids is 1. The van der Waals surface area contributed by atoms with Crippen LogP contribution >= 0.6 is 0 Å². The minimum absolute atomic E-state index is 0.0441. The molecule has 0 radical (unpaired) electrons. The summed E-state index contributed by atoms with van der Waals surface area (Å²) in [6.07, 6.45) is 19.3. The van der Waals surface area contributed by atoms with Gasteiger partial charge in [-0.15, -0.1) is 0 Å². The molecule has 1 heterocycles. The first-order valence-electron chi connectivity index (χ1n) is 23.8. The first-order valence-corrected chi connectivity index (χ1v) is 23.8. The van der Waals surface area contributed by atoms with Gasteiger partial charge in [0.15, 0.2) is 0 Å². The molecule has 63 heavy (non-hydrogen) atoms. The number of Topliss-reactive ketones (excluding diaryl/α,β-unsaturated/α-hetero) is 1. The Kier molecular flexibility index (Phi) is 23.9. The smallest absolute Gasteiger partial charge is 0.326 e. The largest absolute Gasteiger partial charge is 0.508 e. The van der Waals surface area contributed by atoms with Crippen LogP contribution in [0.1, 0.15) is 162 Å². The molecule has 4 unspecified atom stereocenters. The van der Waals surface area contributed by atoms with Crippen LogP contribution in [0, 0.1) is 17.8 Å². The molecule has 3 amide bonds. The van der Waals surface area contributed by atoms with Gasteiger partial charge in [-0.2, -0.15) is 0 Å². The highest BCUT2D eigenvalue weighted by Gasteiger charge is 2.37. The Balaban J connectivity index is 1.50. The fraction of sp³-hybridized carbons (Fsp3) is 0.735. The molecule has 0 aromatic carbocycles. The van der Waals surface area contributed by atoms with E-state index in [2.05, 4.69) is 17.6 Å². The molecule has 4 bridgehead atoms. The second-order valence-corrected chi connectivity index (χ2v) is 18.4. The van der Waals surface area contributed by atoms with E-state index in [1.165, 1.54) is 68.8 Å². The van der Waals surface area contributed by atoms with E-state index in [4.69, 9.17) is 0 Å². The molecule has 14 heteroatoms. The molecule has 3 aliphatic rings. The number of rotatable bonds is 26. The quantitative estimate of drug-likeness (QED) is 0.0452. The Hall–Kier alpha value is -3.85. The number of nitrogens with one attached hydrogen (secondary N) is 2. The number of likely N-dealkylation sites (N-methyl/N-ethyl adjacent to an activating group) is 1. The molecule has 0 saturated heterocycles. The number of aliphatic carboxylic acids is 1. The molecular weight excluding hydrogens is 807 g/mol. The van der Waals surface area contributed by atoms with Gasteiger partial charge < -0.3 is 46.2 Å². The number of carbonyl (C=O) groups excluding carboxylic acids is 4. The zero-order valence-electron chi connectivity index (χ0n) is 38.4. The fourth-order valence-electron chi connectivity index (χ4n) is 8.94. The lowest BCUT2D eigenvalue weighted by Gasteiger charge is -2.35. The predicted molar refractivity (Wildman–Crippen MR) is 242 cm³/mol. The van der Waals surface area contributed by atoms with Crippen molar-refractivity contribution in [1.29, 1.82) is 0 Å². The van der Waals surface area contributed by atoms with Crippen molar-refractivity contribution in [2.75, 3.05) is 13.7 Å². The summed E-state index contributed by atoms with van der Waals surface area (Å²) in [7, 11) is 1.58. The molecule has 356 valence electrons. The third kappa shape index (κ3) is 17.9. The van der Waals surface area contributed by atoms with Gasteiger partial charge in [-0.3, -0.25) is 19.2 Å². The fourth-order valence-corrected chi connectivity index (χ4v) is 8.94. The number of carboxylic acid groups (broad SMARTS) is 1. The van der Waals surface area contributed by atoms with Crippen LogP contribution < -0.4 is 10.6 Å². The first-order chi connectivity index (χ1) is 30.1. The normalized spacial score (nSPS) is 24.3. The van der Waals surface area contributed by atoms with Crippen molar-refractivity contribution in [2.24, 2.45) is 17.8 Å². The van der Waals surface area contributed by atoms with Crippen molar-refractivity contribution in [3.63, 3.8) is 0 Å². The Morgan fingerprint density at radius 2 is 1.52 bits per heavy atom. The summed E-state index contributed by atoms with van der Waals surface area (Å²) in [5, 5.41) is 69.7. The highest BCUT2D eigenvalue weighted by atomic mass is 16.4. The maximum atomic E-state index is 13.4. The highest BCUT2D eigenvalue weighted by Crippen LogP contribution is 2.37. The summed E-state index contributed by atoms with van der Waals surface area (Å²) >= 11 is 0. The number of aliphatic hydroxyl groups excluding tert-OH is 5. The number of hydrogen-bond acceptors (Lipinski definition) is 10. The van der Waals surface area contributed by atoms with Crippen LogP contribution in [-0.4, -0.2) is 115 Å². The van der Waals surface area contributed by atoms with Crippen molar-refractivity contribution in [3.05, 3.63) is 46.8 Å². The molecule has 9 atom stereocenters. The number of allylic oxidation sites excluding steroid dienone is 2. The van der Waals surface area contributed by atoms with Crippen molar-refractivity contribution < 1.29 is 54.6 Å².